The Morgan fingerprint density at radius 2 is 1.69 bits per heavy atom. The number of nitriles is 1. The first-order valence-electron chi connectivity index (χ1n) is 9.97. The SMILES string of the molecule is C/C(N)=C(/C(=N)c1cc(C(=O)N2CC(c3ccc(C#N)cc3)C2)c(C)cc1C)C(F)(F)F. The van der Waals surface area contributed by atoms with Gasteiger partial charge in [-0.3, -0.25) is 10.2 Å². The molecule has 0 aromatic heterocycles. The van der Waals surface area contributed by atoms with Crippen LogP contribution in [0.25, 0.3) is 0 Å². The number of nitrogens with one attached hydrogen (secondary N) is 1. The number of allylic oxidation sites excluding steroid dienone is 2. The third kappa shape index (κ3) is 4.37. The molecule has 1 amide bonds. The van der Waals surface area contributed by atoms with E-state index in [-0.39, 0.29) is 23.0 Å². The minimum Gasteiger partial charge on any atom is -0.402 e. The monoisotopic (exact) mass is 440 g/mol. The fourth-order valence-corrected chi connectivity index (χ4v) is 3.90. The van der Waals surface area contributed by atoms with Gasteiger partial charge in [0.15, 0.2) is 0 Å². The molecule has 0 aliphatic carbocycles. The van der Waals surface area contributed by atoms with Crippen molar-refractivity contribution < 1.29 is 18.0 Å². The highest BCUT2D eigenvalue weighted by Gasteiger charge is 2.39. The van der Waals surface area contributed by atoms with Crippen LogP contribution in [0, 0.1) is 30.6 Å². The van der Waals surface area contributed by atoms with Crippen LogP contribution in [0.15, 0.2) is 47.7 Å². The summed E-state index contributed by atoms with van der Waals surface area (Å²) < 4.78 is 40.3. The van der Waals surface area contributed by atoms with Crippen molar-refractivity contribution in [2.24, 2.45) is 5.73 Å². The Balaban J connectivity index is 1.85. The second kappa shape index (κ2) is 8.50. The Bertz CT molecular complexity index is 1150. The van der Waals surface area contributed by atoms with E-state index in [0.717, 1.165) is 12.5 Å². The number of rotatable bonds is 4. The highest BCUT2D eigenvalue weighted by Crippen LogP contribution is 2.33. The van der Waals surface area contributed by atoms with Crippen molar-refractivity contribution in [1.82, 2.24) is 4.90 Å². The molecule has 5 nitrogen and oxygen atoms in total. The molecule has 0 radical (unpaired) electrons. The Labute approximate surface area is 184 Å². The summed E-state index contributed by atoms with van der Waals surface area (Å²) in [5.74, 6) is -0.154. The lowest BCUT2D eigenvalue weighted by Crippen LogP contribution is -2.48. The topological polar surface area (TPSA) is 94.0 Å². The lowest BCUT2D eigenvalue weighted by molar-refractivity contribution is -0.0868. The summed E-state index contributed by atoms with van der Waals surface area (Å²) in [6, 6.07) is 12.2. The van der Waals surface area contributed by atoms with Gasteiger partial charge in [-0.2, -0.15) is 18.4 Å². The molecule has 0 unspecified atom stereocenters. The molecule has 1 heterocycles. The smallest absolute Gasteiger partial charge is 0.402 e. The maximum atomic E-state index is 13.4. The molecule has 2 aromatic rings. The Kier molecular flexibility index (Phi) is 6.13. The quantitative estimate of drug-likeness (QED) is 0.682. The number of alkyl halides is 3. The minimum absolute atomic E-state index is 0.0280. The largest absolute Gasteiger partial charge is 0.420 e. The van der Waals surface area contributed by atoms with Gasteiger partial charge in [0, 0.05) is 35.8 Å². The molecule has 166 valence electrons. The van der Waals surface area contributed by atoms with Gasteiger partial charge in [-0.25, -0.2) is 0 Å². The number of carbonyl (C=O) groups is 1. The van der Waals surface area contributed by atoms with E-state index in [4.69, 9.17) is 16.4 Å². The second-order valence-corrected chi connectivity index (χ2v) is 8.05. The zero-order chi connectivity index (χ0) is 23.8. The van der Waals surface area contributed by atoms with Crippen LogP contribution >= 0.6 is 0 Å². The van der Waals surface area contributed by atoms with Crippen LogP contribution in [-0.2, 0) is 0 Å². The number of likely N-dealkylation sites (tertiary alicyclic amines) is 1. The molecule has 1 saturated heterocycles. The molecule has 2 aromatic carbocycles. The summed E-state index contributed by atoms with van der Waals surface area (Å²) in [6.07, 6.45) is -4.77. The normalized spacial score (nSPS) is 15.0. The van der Waals surface area contributed by atoms with E-state index < -0.39 is 23.2 Å². The predicted molar refractivity (Wildman–Crippen MR) is 115 cm³/mol. The van der Waals surface area contributed by atoms with Crippen LogP contribution in [0.5, 0.6) is 0 Å². The summed E-state index contributed by atoms with van der Waals surface area (Å²) in [5, 5.41) is 17.1. The molecule has 3 rings (SSSR count). The summed E-state index contributed by atoms with van der Waals surface area (Å²) >= 11 is 0. The van der Waals surface area contributed by atoms with E-state index in [0.29, 0.717) is 29.8 Å². The van der Waals surface area contributed by atoms with Gasteiger partial charge in [0.25, 0.3) is 5.91 Å². The Morgan fingerprint density at radius 3 is 2.19 bits per heavy atom. The lowest BCUT2D eigenvalue weighted by atomic mass is 9.88. The van der Waals surface area contributed by atoms with E-state index in [2.05, 4.69) is 6.07 Å². The first-order valence-corrected chi connectivity index (χ1v) is 9.97. The van der Waals surface area contributed by atoms with Gasteiger partial charge in [0.05, 0.1) is 22.9 Å². The van der Waals surface area contributed by atoms with E-state index in [1.807, 2.05) is 12.1 Å². The number of nitrogens with zero attached hydrogens (tertiary/aromatic N) is 2. The lowest BCUT2D eigenvalue weighted by Gasteiger charge is -2.40. The van der Waals surface area contributed by atoms with Crippen molar-refractivity contribution >= 4 is 11.6 Å². The number of nitrogens with two attached hydrogens (primary N) is 1. The van der Waals surface area contributed by atoms with E-state index >= 15 is 0 Å². The van der Waals surface area contributed by atoms with Crippen molar-refractivity contribution in [1.29, 1.82) is 10.7 Å². The average molecular weight is 440 g/mol. The van der Waals surface area contributed by atoms with Crippen molar-refractivity contribution in [3.05, 3.63) is 81.0 Å². The van der Waals surface area contributed by atoms with E-state index in [1.165, 1.54) is 6.07 Å². The van der Waals surface area contributed by atoms with Gasteiger partial charge < -0.3 is 10.6 Å². The van der Waals surface area contributed by atoms with Gasteiger partial charge in [-0.15, -0.1) is 0 Å². The molecule has 1 aliphatic heterocycles. The molecule has 0 spiro atoms. The van der Waals surface area contributed by atoms with Crippen LogP contribution in [0.1, 0.15) is 51.0 Å². The number of carbonyl (C=O) groups excluding carboxylic acids is 1. The summed E-state index contributed by atoms with van der Waals surface area (Å²) in [4.78, 5) is 14.7. The first-order chi connectivity index (χ1) is 14.9. The Morgan fingerprint density at radius 1 is 1.12 bits per heavy atom. The highest BCUT2D eigenvalue weighted by atomic mass is 19.4. The average Bonchev–Trinajstić information content (AvgIpc) is 2.65. The van der Waals surface area contributed by atoms with Crippen molar-refractivity contribution in [3.8, 4) is 6.07 Å². The molecule has 0 bridgehead atoms. The molecule has 1 fully saturated rings. The van der Waals surface area contributed by atoms with Gasteiger partial charge in [-0.1, -0.05) is 18.2 Å². The maximum absolute atomic E-state index is 13.4. The maximum Gasteiger partial charge on any atom is 0.420 e. The number of aryl methyl sites for hydroxylation is 2. The van der Waals surface area contributed by atoms with Crippen molar-refractivity contribution in [2.45, 2.75) is 32.9 Å². The van der Waals surface area contributed by atoms with Gasteiger partial charge in [-0.05, 0) is 55.7 Å². The van der Waals surface area contributed by atoms with Crippen LogP contribution in [0.2, 0.25) is 0 Å². The molecule has 1 aliphatic rings. The zero-order valence-corrected chi connectivity index (χ0v) is 18.0. The van der Waals surface area contributed by atoms with E-state index in [1.54, 1.807) is 36.9 Å². The number of hydrogen-bond acceptors (Lipinski definition) is 4. The van der Waals surface area contributed by atoms with E-state index in [9.17, 15) is 18.0 Å². The molecular weight excluding hydrogens is 417 g/mol. The second-order valence-electron chi connectivity index (χ2n) is 8.05. The fourth-order valence-electron chi connectivity index (χ4n) is 3.90. The number of amides is 1. The van der Waals surface area contributed by atoms with Crippen LogP contribution in [0.4, 0.5) is 13.2 Å². The summed E-state index contributed by atoms with van der Waals surface area (Å²) in [7, 11) is 0. The number of halogens is 3. The van der Waals surface area contributed by atoms with Crippen molar-refractivity contribution in [2.75, 3.05) is 13.1 Å². The third-order valence-corrected chi connectivity index (χ3v) is 5.68. The van der Waals surface area contributed by atoms with Crippen LogP contribution < -0.4 is 5.73 Å². The number of hydrogen-bond donors (Lipinski definition) is 2. The van der Waals surface area contributed by atoms with Gasteiger partial charge in [0.2, 0.25) is 0 Å². The molecule has 0 atom stereocenters. The van der Waals surface area contributed by atoms with Crippen molar-refractivity contribution in [3.63, 3.8) is 0 Å². The van der Waals surface area contributed by atoms with Gasteiger partial charge in [0.1, 0.15) is 0 Å². The summed E-state index contributed by atoms with van der Waals surface area (Å²) in [5.41, 5.74) is 5.96. The fraction of sp³-hybridized carbons (Fsp3) is 0.292. The summed E-state index contributed by atoms with van der Waals surface area (Å²) in [6.45, 7) is 5.38. The predicted octanol–water partition coefficient (Wildman–Crippen LogP) is 4.58. The molecular formula is C24H23F3N4O. The minimum atomic E-state index is -4.77. The number of benzene rings is 2. The highest BCUT2D eigenvalue weighted by molar-refractivity contribution is 6.13. The van der Waals surface area contributed by atoms with Crippen LogP contribution in [0.3, 0.4) is 0 Å². The first kappa shape index (κ1) is 23.1. The third-order valence-electron chi connectivity index (χ3n) is 5.68. The van der Waals surface area contributed by atoms with Gasteiger partial charge >= 0.3 is 6.18 Å². The molecule has 32 heavy (non-hydrogen) atoms. The molecule has 0 saturated carbocycles. The Hall–Kier alpha value is -3.60. The van der Waals surface area contributed by atoms with Crippen LogP contribution in [-0.4, -0.2) is 35.8 Å². The molecule has 3 N–H and O–H groups in total. The standard InChI is InChI=1S/C24H23F3N4O/c1-13-8-14(2)20(9-19(13)22(30)21(15(3)29)24(25,26)27)23(32)31-11-18(12-31)17-6-4-16(10-28)5-7-17/h4-9,18,30H,11-12,29H2,1-3H3/b21-15+,30-22?. The zero-order valence-electron chi connectivity index (χ0n) is 18.0. The molecule has 8 heteroatoms.